The van der Waals surface area contributed by atoms with Crippen LogP contribution < -0.4 is 5.32 Å². The van der Waals surface area contributed by atoms with Crippen LogP contribution in [0.1, 0.15) is 39.0 Å². The number of hydrogen-bond donors (Lipinski definition) is 1. The number of hydrogen-bond acceptors (Lipinski definition) is 3. The Morgan fingerprint density at radius 3 is 2.67 bits per heavy atom. The molecule has 1 aliphatic carbocycles. The number of benzene rings is 2. The van der Waals surface area contributed by atoms with Crippen molar-refractivity contribution in [3.8, 4) is 0 Å². The Bertz CT molecular complexity index is 795. The Morgan fingerprint density at radius 1 is 1.04 bits per heavy atom. The molecule has 3 rings (SSSR count). The van der Waals surface area contributed by atoms with Crippen molar-refractivity contribution >= 4 is 17.6 Å². The molecule has 0 aliphatic heterocycles. The fourth-order valence-electron chi connectivity index (χ4n) is 2.97. The molecule has 124 valence electrons. The van der Waals surface area contributed by atoms with Crippen molar-refractivity contribution < 1.29 is 14.3 Å². The molecule has 4 nitrogen and oxygen atoms in total. The quantitative estimate of drug-likeness (QED) is 0.875. The van der Waals surface area contributed by atoms with Gasteiger partial charge in [0.25, 0.3) is 5.91 Å². The molecule has 1 N–H and O–H groups in total. The van der Waals surface area contributed by atoms with Crippen LogP contribution >= 0.6 is 0 Å². The summed E-state index contributed by atoms with van der Waals surface area (Å²) in [5.41, 5.74) is 5.80. The van der Waals surface area contributed by atoms with Crippen LogP contribution in [0.15, 0.2) is 36.4 Å². The summed E-state index contributed by atoms with van der Waals surface area (Å²) in [4.78, 5) is 24.1. The standard InChI is InChI=1S/C20H21NO3/c1-13-6-7-14(2)18(10-13)21-19(22)12-24-20(23)17-9-8-15-4-3-5-16(15)11-17/h6-11H,3-5,12H2,1-2H3,(H,21,22). The molecule has 0 unspecified atom stereocenters. The van der Waals surface area contributed by atoms with Crippen LogP contribution in [0.4, 0.5) is 5.69 Å². The molecular weight excluding hydrogens is 302 g/mol. The zero-order chi connectivity index (χ0) is 17.1. The number of esters is 1. The van der Waals surface area contributed by atoms with Gasteiger partial charge in [-0.1, -0.05) is 18.2 Å². The second-order valence-corrected chi connectivity index (χ2v) is 6.28. The molecule has 4 heteroatoms. The SMILES string of the molecule is Cc1ccc(C)c(NC(=O)COC(=O)c2ccc3c(c2)CCC3)c1. The first kappa shape index (κ1) is 16.2. The Morgan fingerprint density at radius 2 is 1.83 bits per heavy atom. The Balaban J connectivity index is 1.58. The summed E-state index contributed by atoms with van der Waals surface area (Å²) in [5, 5.41) is 2.78. The van der Waals surface area contributed by atoms with Gasteiger partial charge in [-0.3, -0.25) is 4.79 Å². The van der Waals surface area contributed by atoms with E-state index in [-0.39, 0.29) is 12.5 Å². The lowest BCUT2D eigenvalue weighted by atomic mass is 10.1. The van der Waals surface area contributed by atoms with E-state index in [0.29, 0.717) is 5.56 Å². The summed E-state index contributed by atoms with van der Waals surface area (Å²) in [6, 6.07) is 11.5. The van der Waals surface area contributed by atoms with E-state index in [1.165, 1.54) is 11.1 Å². The summed E-state index contributed by atoms with van der Waals surface area (Å²) in [6.07, 6.45) is 3.21. The van der Waals surface area contributed by atoms with Crippen LogP contribution in [-0.4, -0.2) is 18.5 Å². The van der Waals surface area contributed by atoms with Gasteiger partial charge in [-0.15, -0.1) is 0 Å². The van der Waals surface area contributed by atoms with Crippen molar-refractivity contribution in [2.45, 2.75) is 33.1 Å². The predicted octanol–water partition coefficient (Wildman–Crippen LogP) is 3.59. The van der Waals surface area contributed by atoms with Crippen molar-refractivity contribution in [3.05, 3.63) is 64.2 Å². The molecule has 0 fully saturated rings. The molecule has 2 aromatic carbocycles. The minimum atomic E-state index is -0.458. The first-order valence-corrected chi connectivity index (χ1v) is 8.19. The van der Waals surface area contributed by atoms with E-state index >= 15 is 0 Å². The smallest absolute Gasteiger partial charge is 0.338 e. The topological polar surface area (TPSA) is 55.4 Å². The van der Waals surface area contributed by atoms with Crippen LogP contribution in [0.3, 0.4) is 0 Å². The van der Waals surface area contributed by atoms with E-state index in [0.717, 1.165) is 36.1 Å². The molecular formula is C20H21NO3. The normalized spacial score (nSPS) is 12.6. The molecule has 0 atom stereocenters. The molecule has 0 spiro atoms. The second-order valence-electron chi connectivity index (χ2n) is 6.28. The van der Waals surface area contributed by atoms with Gasteiger partial charge in [0, 0.05) is 5.69 Å². The predicted molar refractivity (Wildman–Crippen MR) is 93.3 cm³/mol. The van der Waals surface area contributed by atoms with Gasteiger partial charge in [0.05, 0.1) is 5.56 Å². The van der Waals surface area contributed by atoms with E-state index in [1.54, 1.807) is 6.07 Å². The average molecular weight is 323 g/mol. The number of amides is 1. The van der Waals surface area contributed by atoms with Gasteiger partial charge < -0.3 is 10.1 Å². The maximum Gasteiger partial charge on any atom is 0.338 e. The summed E-state index contributed by atoms with van der Waals surface area (Å²) >= 11 is 0. The Kier molecular flexibility index (Phi) is 4.65. The number of rotatable bonds is 4. The summed E-state index contributed by atoms with van der Waals surface area (Å²) in [6.45, 7) is 3.60. The zero-order valence-electron chi connectivity index (χ0n) is 14.0. The molecule has 0 radical (unpaired) electrons. The first-order chi connectivity index (χ1) is 11.5. The lowest BCUT2D eigenvalue weighted by Crippen LogP contribution is -2.21. The van der Waals surface area contributed by atoms with Gasteiger partial charge in [0.2, 0.25) is 0 Å². The van der Waals surface area contributed by atoms with Crippen LogP contribution in [0.2, 0.25) is 0 Å². The third-order valence-corrected chi connectivity index (χ3v) is 4.34. The third kappa shape index (κ3) is 3.65. The Hall–Kier alpha value is -2.62. The number of carbonyl (C=O) groups is 2. The summed E-state index contributed by atoms with van der Waals surface area (Å²) in [5.74, 6) is -0.793. The fraction of sp³-hybridized carbons (Fsp3) is 0.300. The number of fused-ring (bicyclic) bond motifs is 1. The fourth-order valence-corrected chi connectivity index (χ4v) is 2.97. The van der Waals surface area contributed by atoms with E-state index in [1.807, 2.05) is 44.2 Å². The molecule has 0 saturated carbocycles. The van der Waals surface area contributed by atoms with Gasteiger partial charge in [0.15, 0.2) is 6.61 Å². The maximum atomic E-state index is 12.1. The highest BCUT2D eigenvalue weighted by Crippen LogP contribution is 2.23. The van der Waals surface area contributed by atoms with Crippen LogP contribution in [0, 0.1) is 13.8 Å². The number of carbonyl (C=O) groups excluding carboxylic acids is 2. The van der Waals surface area contributed by atoms with E-state index in [2.05, 4.69) is 5.32 Å². The van der Waals surface area contributed by atoms with E-state index < -0.39 is 5.97 Å². The molecule has 2 aromatic rings. The summed E-state index contributed by atoms with van der Waals surface area (Å²) in [7, 11) is 0. The molecule has 0 saturated heterocycles. The van der Waals surface area contributed by atoms with Crippen LogP contribution in [-0.2, 0) is 22.4 Å². The van der Waals surface area contributed by atoms with Crippen molar-refractivity contribution in [3.63, 3.8) is 0 Å². The van der Waals surface area contributed by atoms with Crippen molar-refractivity contribution in [1.29, 1.82) is 0 Å². The monoisotopic (exact) mass is 323 g/mol. The first-order valence-electron chi connectivity index (χ1n) is 8.19. The Labute approximate surface area is 141 Å². The highest BCUT2D eigenvalue weighted by molar-refractivity contribution is 5.96. The highest BCUT2D eigenvalue weighted by Gasteiger charge is 2.16. The van der Waals surface area contributed by atoms with E-state index in [4.69, 9.17) is 4.74 Å². The number of aryl methyl sites for hydroxylation is 4. The van der Waals surface area contributed by atoms with Gasteiger partial charge in [0.1, 0.15) is 0 Å². The van der Waals surface area contributed by atoms with Gasteiger partial charge in [-0.2, -0.15) is 0 Å². The van der Waals surface area contributed by atoms with Crippen LogP contribution in [0.25, 0.3) is 0 Å². The largest absolute Gasteiger partial charge is 0.452 e. The summed E-state index contributed by atoms with van der Waals surface area (Å²) < 4.78 is 5.14. The number of anilines is 1. The van der Waals surface area contributed by atoms with Gasteiger partial charge >= 0.3 is 5.97 Å². The minimum Gasteiger partial charge on any atom is -0.452 e. The minimum absolute atomic E-state index is 0.288. The highest BCUT2D eigenvalue weighted by atomic mass is 16.5. The van der Waals surface area contributed by atoms with Gasteiger partial charge in [-0.05, 0) is 73.6 Å². The van der Waals surface area contributed by atoms with E-state index in [9.17, 15) is 9.59 Å². The average Bonchev–Trinajstić information content (AvgIpc) is 3.03. The van der Waals surface area contributed by atoms with Crippen molar-refractivity contribution in [1.82, 2.24) is 0 Å². The van der Waals surface area contributed by atoms with Gasteiger partial charge in [-0.25, -0.2) is 4.79 Å². The number of ether oxygens (including phenoxy) is 1. The lowest BCUT2D eigenvalue weighted by Gasteiger charge is -2.10. The third-order valence-electron chi connectivity index (χ3n) is 4.34. The molecule has 0 bridgehead atoms. The lowest BCUT2D eigenvalue weighted by molar-refractivity contribution is -0.119. The van der Waals surface area contributed by atoms with Crippen molar-refractivity contribution in [2.24, 2.45) is 0 Å². The van der Waals surface area contributed by atoms with Crippen molar-refractivity contribution in [2.75, 3.05) is 11.9 Å². The molecule has 1 aliphatic rings. The molecule has 0 heterocycles. The molecule has 0 aromatic heterocycles. The molecule has 1 amide bonds. The molecule has 24 heavy (non-hydrogen) atoms. The zero-order valence-corrected chi connectivity index (χ0v) is 14.0. The second kappa shape index (κ2) is 6.87. The van der Waals surface area contributed by atoms with Crippen LogP contribution in [0.5, 0.6) is 0 Å². The maximum absolute atomic E-state index is 12.1. The number of nitrogens with one attached hydrogen (secondary N) is 1.